The number of nitrogens with zero attached hydrogens (tertiary/aromatic N) is 4. The van der Waals surface area contributed by atoms with E-state index in [-0.39, 0.29) is 25.4 Å². The summed E-state index contributed by atoms with van der Waals surface area (Å²) in [6.07, 6.45) is 3.89. The summed E-state index contributed by atoms with van der Waals surface area (Å²) in [7, 11) is 0. The van der Waals surface area contributed by atoms with Crippen molar-refractivity contribution in [2.24, 2.45) is 0 Å². The third-order valence-electron chi connectivity index (χ3n) is 5.32. The van der Waals surface area contributed by atoms with Crippen LogP contribution in [0.3, 0.4) is 0 Å². The molecule has 7 nitrogen and oxygen atoms in total. The molecule has 0 aromatic heterocycles. The summed E-state index contributed by atoms with van der Waals surface area (Å²) in [5, 5.41) is 20.6. The summed E-state index contributed by atoms with van der Waals surface area (Å²) in [5.41, 5.74) is 1.00. The molecule has 3 rings (SSSR count). The molecule has 1 saturated heterocycles. The smallest absolute Gasteiger partial charge is 0.319 e. The van der Waals surface area contributed by atoms with E-state index < -0.39 is 11.6 Å². The van der Waals surface area contributed by atoms with Gasteiger partial charge in [-0.25, -0.2) is 9.69 Å². The van der Waals surface area contributed by atoms with Gasteiger partial charge in [-0.1, -0.05) is 24.3 Å². The Morgan fingerprint density at radius 1 is 1.11 bits per heavy atom. The molecule has 0 saturated carbocycles. The molecule has 140 valence electrons. The average molecular weight is 365 g/mol. The summed E-state index contributed by atoms with van der Waals surface area (Å²) < 4.78 is 0. The van der Waals surface area contributed by atoms with E-state index in [4.69, 9.17) is 10.5 Å². The lowest BCUT2D eigenvalue weighted by atomic mass is 9.84. The lowest BCUT2D eigenvalue weighted by molar-refractivity contribution is -0.133. The molecule has 0 bridgehead atoms. The molecule has 1 spiro atoms. The van der Waals surface area contributed by atoms with Gasteiger partial charge in [0, 0.05) is 25.9 Å². The molecule has 1 aliphatic carbocycles. The molecule has 7 heteroatoms. The molecular formula is C20H23N5O2. The van der Waals surface area contributed by atoms with Crippen molar-refractivity contribution in [1.29, 1.82) is 10.5 Å². The Morgan fingerprint density at radius 2 is 1.81 bits per heavy atom. The maximum Gasteiger partial charge on any atom is 0.326 e. The minimum absolute atomic E-state index is 0.0952. The Morgan fingerprint density at radius 3 is 2.52 bits per heavy atom. The molecule has 3 amide bonds. The van der Waals surface area contributed by atoms with Gasteiger partial charge in [0.15, 0.2) is 0 Å². The normalized spacial score (nSPS) is 21.5. The van der Waals surface area contributed by atoms with E-state index in [1.54, 1.807) is 0 Å². The number of imide groups is 1. The van der Waals surface area contributed by atoms with E-state index in [0.29, 0.717) is 19.5 Å². The van der Waals surface area contributed by atoms with Crippen LogP contribution in [-0.2, 0) is 16.8 Å². The van der Waals surface area contributed by atoms with Crippen LogP contribution in [0.2, 0.25) is 0 Å². The topological polar surface area (TPSA) is 100 Å². The molecule has 1 fully saturated rings. The van der Waals surface area contributed by atoms with Crippen LogP contribution in [0.25, 0.3) is 0 Å². The van der Waals surface area contributed by atoms with Gasteiger partial charge in [0.05, 0.1) is 18.8 Å². The third kappa shape index (κ3) is 3.65. The zero-order valence-electron chi connectivity index (χ0n) is 15.3. The van der Waals surface area contributed by atoms with Crippen molar-refractivity contribution in [3.05, 3.63) is 35.4 Å². The van der Waals surface area contributed by atoms with Gasteiger partial charge in [0.25, 0.3) is 5.91 Å². The van der Waals surface area contributed by atoms with Crippen molar-refractivity contribution in [2.45, 2.75) is 44.1 Å². The van der Waals surface area contributed by atoms with Gasteiger partial charge in [0.1, 0.15) is 5.54 Å². The van der Waals surface area contributed by atoms with Gasteiger partial charge in [-0.05, 0) is 36.8 Å². The van der Waals surface area contributed by atoms with Gasteiger partial charge >= 0.3 is 6.03 Å². The second kappa shape index (κ2) is 8.20. The highest BCUT2D eigenvalue weighted by Crippen LogP contribution is 2.39. The molecule has 2 aliphatic rings. The second-order valence-electron chi connectivity index (χ2n) is 7.01. The molecule has 0 radical (unpaired) electrons. The van der Waals surface area contributed by atoms with E-state index in [2.05, 4.69) is 17.5 Å². The van der Waals surface area contributed by atoms with Crippen LogP contribution in [0, 0.1) is 22.7 Å². The Balaban J connectivity index is 1.86. The number of amides is 3. The minimum atomic E-state index is -1.000. The van der Waals surface area contributed by atoms with Crippen LogP contribution in [0.15, 0.2) is 24.3 Å². The van der Waals surface area contributed by atoms with E-state index in [9.17, 15) is 9.59 Å². The number of rotatable bonds is 6. The van der Waals surface area contributed by atoms with E-state index in [1.165, 1.54) is 4.90 Å². The minimum Gasteiger partial charge on any atom is -0.319 e. The average Bonchev–Trinajstić information content (AvgIpc) is 2.82. The third-order valence-corrected chi connectivity index (χ3v) is 5.32. The van der Waals surface area contributed by atoms with Gasteiger partial charge < -0.3 is 5.32 Å². The maximum atomic E-state index is 13.4. The number of nitriles is 2. The van der Waals surface area contributed by atoms with Crippen LogP contribution >= 0.6 is 0 Å². The molecule has 1 aliphatic heterocycles. The number of carbonyl (C=O) groups excluding carboxylic acids is 2. The zero-order valence-corrected chi connectivity index (χ0v) is 15.3. The number of benzene rings is 1. The number of hydrogen-bond donors (Lipinski definition) is 1. The number of fused-ring (bicyclic) bond motifs is 2. The summed E-state index contributed by atoms with van der Waals surface area (Å²) in [5.74, 6) is -0.235. The van der Waals surface area contributed by atoms with Crippen LogP contribution in [0.5, 0.6) is 0 Å². The zero-order chi connectivity index (χ0) is 19.3. The Kier molecular flexibility index (Phi) is 5.73. The summed E-state index contributed by atoms with van der Waals surface area (Å²) in [6.45, 7) is 0.926. The van der Waals surface area contributed by atoms with Gasteiger partial charge in [-0.15, -0.1) is 0 Å². The molecule has 1 heterocycles. The molecule has 1 aromatic rings. The SMILES string of the molecule is N#CCCN(CCC#N)CN1C(=O)NC2(CCCCc3ccccc32)C1=O. The molecule has 1 unspecified atom stereocenters. The first-order valence-corrected chi connectivity index (χ1v) is 9.31. The fourth-order valence-corrected chi connectivity index (χ4v) is 3.97. The first-order valence-electron chi connectivity index (χ1n) is 9.31. The first kappa shape index (κ1) is 18.9. The van der Waals surface area contributed by atoms with Gasteiger partial charge in [0.2, 0.25) is 0 Å². The van der Waals surface area contributed by atoms with Crippen molar-refractivity contribution in [1.82, 2.24) is 15.1 Å². The van der Waals surface area contributed by atoms with Crippen molar-refractivity contribution in [3.63, 3.8) is 0 Å². The highest BCUT2D eigenvalue weighted by molar-refractivity contribution is 6.07. The summed E-state index contributed by atoms with van der Waals surface area (Å²) in [6, 6.07) is 11.6. The predicted molar refractivity (Wildman–Crippen MR) is 98.0 cm³/mol. The fraction of sp³-hybridized carbons (Fsp3) is 0.500. The Hall–Kier alpha value is -2.90. The highest BCUT2D eigenvalue weighted by atomic mass is 16.2. The summed E-state index contributed by atoms with van der Waals surface area (Å²) in [4.78, 5) is 29.1. The van der Waals surface area contributed by atoms with Crippen LogP contribution in [0.4, 0.5) is 4.79 Å². The number of urea groups is 1. The summed E-state index contributed by atoms with van der Waals surface area (Å²) >= 11 is 0. The van der Waals surface area contributed by atoms with Crippen LogP contribution in [-0.4, -0.2) is 41.5 Å². The van der Waals surface area contributed by atoms with Crippen molar-refractivity contribution < 1.29 is 9.59 Å². The monoisotopic (exact) mass is 365 g/mol. The van der Waals surface area contributed by atoms with Crippen molar-refractivity contribution >= 4 is 11.9 Å². The number of hydrogen-bond acceptors (Lipinski definition) is 5. The highest BCUT2D eigenvalue weighted by Gasteiger charge is 2.53. The van der Waals surface area contributed by atoms with Crippen LogP contribution < -0.4 is 5.32 Å². The fourth-order valence-electron chi connectivity index (χ4n) is 3.97. The number of nitrogens with one attached hydrogen (secondary N) is 1. The maximum absolute atomic E-state index is 13.4. The van der Waals surface area contributed by atoms with Crippen LogP contribution in [0.1, 0.15) is 43.2 Å². The second-order valence-corrected chi connectivity index (χ2v) is 7.01. The lowest BCUT2D eigenvalue weighted by Crippen LogP contribution is -2.46. The standard InChI is InChI=1S/C20H23N5O2/c21-11-5-13-24(14-6-12-22)15-25-18(26)20(23-19(25)27)10-4-3-8-16-7-1-2-9-17(16)20/h1-2,7,9H,3-6,8,10,13-15H2,(H,23,27). The van der Waals surface area contributed by atoms with Crippen molar-refractivity contribution in [3.8, 4) is 12.1 Å². The number of carbonyl (C=O) groups is 2. The molecular weight excluding hydrogens is 342 g/mol. The largest absolute Gasteiger partial charge is 0.326 e. The van der Waals surface area contributed by atoms with Gasteiger partial charge in [-0.2, -0.15) is 10.5 Å². The predicted octanol–water partition coefficient (Wildman–Crippen LogP) is 2.25. The molecule has 1 atom stereocenters. The lowest BCUT2D eigenvalue weighted by Gasteiger charge is -2.29. The molecule has 27 heavy (non-hydrogen) atoms. The number of aryl methyl sites for hydroxylation is 1. The quantitative estimate of drug-likeness (QED) is 0.779. The van der Waals surface area contributed by atoms with Crippen molar-refractivity contribution in [2.75, 3.05) is 19.8 Å². The molecule has 1 aromatic carbocycles. The van der Waals surface area contributed by atoms with Gasteiger partial charge in [-0.3, -0.25) is 9.69 Å². The van der Waals surface area contributed by atoms with E-state index in [1.807, 2.05) is 29.2 Å². The Bertz CT molecular complexity index is 791. The van der Waals surface area contributed by atoms with E-state index >= 15 is 0 Å². The molecule has 1 N–H and O–H groups in total. The first-order chi connectivity index (χ1) is 13.1. The van der Waals surface area contributed by atoms with E-state index in [0.717, 1.165) is 30.4 Å². The Labute approximate surface area is 159 Å².